The summed E-state index contributed by atoms with van der Waals surface area (Å²) < 4.78 is 16.8. The summed E-state index contributed by atoms with van der Waals surface area (Å²) in [5.41, 5.74) is -2.55. The minimum Gasteiger partial charge on any atom is -0.445 e. The summed E-state index contributed by atoms with van der Waals surface area (Å²) in [4.78, 5) is 22.9. The highest BCUT2D eigenvalue weighted by molar-refractivity contribution is 6.28. The molecule has 1 N–H and O–H groups in total. The summed E-state index contributed by atoms with van der Waals surface area (Å²) in [6, 6.07) is 0. The lowest BCUT2D eigenvalue weighted by Crippen LogP contribution is -2.61. The highest BCUT2D eigenvalue weighted by Gasteiger charge is 2.77. The molecule has 3 rings (SSSR count). The van der Waals surface area contributed by atoms with E-state index >= 15 is 0 Å². The molecule has 5 atom stereocenters. The van der Waals surface area contributed by atoms with Crippen LogP contribution < -0.4 is 0 Å². The number of imide groups is 1. The molecule has 0 radical (unpaired) electrons. The zero-order valence-electron chi connectivity index (χ0n) is 12.8. The first-order valence-corrected chi connectivity index (χ1v) is 7.70. The molecule has 2 saturated heterocycles. The summed E-state index contributed by atoms with van der Waals surface area (Å²) in [6.45, 7) is 5.37. The van der Waals surface area contributed by atoms with Crippen LogP contribution in [0.4, 0.5) is 4.79 Å². The Morgan fingerprint density at radius 2 is 2.05 bits per heavy atom. The van der Waals surface area contributed by atoms with Crippen LogP contribution in [0.1, 0.15) is 40.0 Å². The van der Waals surface area contributed by atoms with Gasteiger partial charge in [-0.3, -0.25) is 4.79 Å². The van der Waals surface area contributed by atoms with Gasteiger partial charge in [-0.2, -0.15) is 4.42 Å². The van der Waals surface area contributed by atoms with Crippen molar-refractivity contribution in [3.05, 3.63) is 0 Å². The van der Waals surface area contributed by atoms with Crippen LogP contribution in [0.3, 0.4) is 0 Å². The number of carbonyl (C=O) groups is 2. The van der Waals surface area contributed by atoms with E-state index in [0.717, 1.165) is 0 Å². The van der Waals surface area contributed by atoms with E-state index in [-0.39, 0.29) is 12.5 Å². The highest BCUT2D eigenvalue weighted by Crippen LogP contribution is 2.60. The number of carbonyl (C=O) groups excluding carboxylic acids is 2. The highest BCUT2D eigenvalue weighted by atomic mass is 35.5. The monoisotopic (exact) mass is 333 g/mol. The number of nitrogens with zero attached hydrogens (tertiary/aromatic N) is 1. The molecule has 4 unspecified atom stereocenters. The maximum Gasteiger partial charge on any atom is 0.432 e. The predicted octanol–water partition coefficient (Wildman–Crippen LogP) is 1.36. The topological polar surface area (TPSA) is 91.9 Å². The Hall–Kier alpha value is -0.890. The second-order valence-electron chi connectivity index (χ2n) is 6.56. The number of rotatable bonds is 2. The molecule has 7 nitrogen and oxygen atoms in total. The first-order valence-electron chi connectivity index (χ1n) is 7.36. The number of hydrogen-bond donors (Lipinski definition) is 1. The Balaban J connectivity index is 1.72. The zero-order chi connectivity index (χ0) is 16.3. The largest absolute Gasteiger partial charge is 0.445 e. The average Bonchev–Trinajstić information content (AvgIpc) is 3.33. The molecule has 1 spiro atoms. The molecule has 3 fully saturated rings. The van der Waals surface area contributed by atoms with Crippen molar-refractivity contribution in [3.8, 4) is 0 Å². The SMILES string of the molecule is CC(=O)N(Cl)C(=O)O[C@@H]1CCC2(CO2)C(O)(C2(C)OC2C)C1. The Morgan fingerprint density at radius 3 is 2.50 bits per heavy atom. The molecule has 0 aromatic heterocycles. The molecule has 124 valence electrons. The minimum atomic E-state index is -1.23. The van der Waals surface area contributed by atoms with Gasteiger partial charge < -0.3 is 19.3 Å². The zero-order valence-corrected chi connectivity index (χ0v) is 13.6. The normalized spacial score (nSPS) is 46.2. The van der Waals surface area contributed by atoms with Crippen molar-refractivity contribution in [1.29, 1.82) is 0 Å². The quantitative estimate of drug-likeness (QED) is 0.606. The van der Waals surface area contributed by atoms with E-state index in [9.17, 15) is 14.7 Å². The van der Waals surface area contributed by atoms with Crippen LogP contribution in [0.25, 0.3) is 0 Å². The summed E-state index contributed by atoms with van der Waals surface area (Å²) in [7, 11) is 0. The van der Waals surface area contributed by atoms with E-state index in [2.05, 4.69) is 0 Å². The number of ether oxygens (including phenoxy) is 3. The van der Waals surface area contributed by atoms with Crippen LogP contribution in [0, 0.1) is 0 Å². The van der Waals surface area contributed by atoms with Crippen molar-refractivity contribution in [2.24, 2.45) is 0 Å². The third-order valence-corrected chi connectivity index (χ3v) is 5.68. The molecule has 8 heteroatoms. The van der Waals surface area contributed by atoms with E-state index in [1.807, 2.05) is 13.8 Å². The van der Waals surface area contributed by atoms with Gasteiger partial charge in [-0.05, 0) is 26.7 Å². The van der Waals surface area contributed by atoms with Crippen LogP contribution in [0.5, 0.6) is 0 Å². The molecule has 0 bridgehead atoms. The van der Waals surface area contributed by atoms with Crippen molar-refractivity contribution in [2.45, 2.75) is 69.0 Å². The molecule has 22 heavy (non-hydrogen) atoms. The number of hydrogen-bond acceptors (Lipinski definition) is 6. The number of epoxide rings is 2. The fourth-order valence-corrected chi connectivity index (χ4v) is 3.57. The molecule has 0 aromatic carbocycles. The van der Waals surface area contributed by atoms with E-state index < -0.39 is 34.9 Å². The Labute approximate surface area is 133 Å². The third-order valence-electron chi connectivity index (χ3n) is 5.31. The van der Waals surface area contributed by atoms with E-state index in [1.54, 1.807) is 0 Å². The van der Waals surface area contributed by atoms with Crippen molar-refractivity contribution >= 4 is 23.8 Å². The maximum absolute atomic E-state index is 11.8. The lowest BCUT2D eigenvalue weighted by atomic mass is 9.66. The fourth-order valence-electron chi connectivity index (χ4n) is 3.53. The summed E-state index contributed by atoms with van der Waals surface area (Å²) in [6.07, 6.45) is -0.251. The summed E-state index contributed by atoms with van der Waals surface area (Å²) in [5.74, 6) is -0.620. The summed E-state index contributed by atoms with van der Waals surface area (Å²) >= 11 is 5.55. The Bertz CT molecular complexity index is 519. The molecule has 1 aliphatic carbocycles. The first-order chi connectivity index (χ1) is 10.2. The van der Waals surface area contributed by atoms with Gasteiger partial charge in [-0.25, -0.2) is 4.79 Å². The third kappa shape index (κ3) is 2.14. The first kappa shape index (κ1) is 16.0. The van der Waals surface area contributed by atoms with Gasteiger partial charge in [0.05, 0.1) is 12.7 Å². The van der Waals surface area contributed by atoms with Crippen molar-refractivity contribution in [2.75, 3.05) is 6.61 Å². The molecule has 0 aromatic rings. The molecule has 2 amide bonds. The molecule has 1 saturated carbocycles. The van der Waals surface area contributed by atoms with Gasteiger partial charge in [-0.1, -0.05) is 0 Å². The van der Waals surface area contributed by atoms with Crippen molar-refractivity contribution in [1.82, 2.24) is 4.42 Å². The van der Waals surface area contributed by atoms with Gasteiger partial charge >= 0.3 is 6.09 Å². The van der Waals surface area contributed by atoms with Gasteiger partial charge in [0.2, 0.25) is 5.91 Å². The number of amides is 2. The average molecular weight is 334 g/mol. The smallest absolute Gasteiger partial charge is 0.432 e. The maximum atomic E-state index is 11.8. The number of halogens is 1. The van der Waals surface area contributed by atoms with Gasteiger partial charge in [0, 0.05) is 25.1 Å². The van der Waals surface area contributed by atoms with Crippen molar-refractivity contribution < 1.29 is 28.9 Å². The fraction of sp³-hybridized carbons (Fsp3) is 0.857. The van der Waals surface area contributed by atoms with Crippen LogP contribution >= 0.6 is 11.8 Å². The van der Waals surface area contributed by atoms with E-state index in [0.29, 0.717) is 23.9 Å². The van der Waals surface area contributed by atoms with Crippen LogP contribution in [0.2, 0.25) is 0 Å². The van der Waals surface area contributed by atoms with Crippen LogP contribution in [-0.2, 0) is 19.0 Å². The standard InChI is InChI=1S/C14H20ClNO6/c1-8-12(3,22-8)14(19)6-10(4-5-13(14)7-20-13)21-11(18)16(15)9(2)17/h8,10,19H,4-7H2,1-3H3/t8?,10-,12?,13?,14?/m1/s1. The lowest BCUT2D eigenvalue weighted by Gasteiger charge is -2.44. The van der Waals surface area contributed by atoms with Gasteiger partial charge in [0.25, 0.3) is 0 Å². The van der Waals surface area contributed by atoms with Crippen molar-refractivity contribution in [3.63, 3.8) is 0 Å². The lowest BCUT2D eigenvalue weighted by molar-refractivity contribution is -0.143. The molecule has 2 aliphatic heterocycles. The number of aliphatic hydroxyl groups is 1. The predicted molar refractivity (Wildman–Crippen MR) is 75.1 cm³/mol. The molecule has 2 heterocycles. The Kier molecular flexibility index (Phi) is 3.49. The summed E-state index contributed by atoms with van der Waals surface area (Å²) in [5, 5.41) is 11.2. The van der Waals surface area contributed by atoms with Gasteiger partial charge in [0.1, 0.15) is 22.9 Å². The second kappa shape index (κ2) is 4.80. The Morgan fingerprint density at radius 1 is 1.45 bits per heavy atom. The van der Waals surface area contributed by atoms with Gasteiger partial charge in [0.15, 0.2) is 0 Å². The van der Waals surface area contributed by atoms with E-state index in [4.69, 9.17) is 26.0 Å². The molecular formula is C14H20ClNO6. The van der Waals surface area contributed by atoms with E-state index in [1.165, 1.54) is 6.92 Å². The molecule has 3 aliphatic rings. The van der Waals surface area contributed by atoms with Crippen LogP contribution in [-0.4, -0.2) is 57.1 Å². The second-order valence-corrected chi connectivity index (χ2v) is 6.90. The van der Waals surface area contributed by atoms with Crippen LogP contribution in [0.15, 0.2) is 0 Å². The minimum absolute atomic E-state index is 0.0882. The molecular weight excluding hydrogens is 314 g/mol. The van der Waals surface area contributed by atoms with Gasteiger partial charge in [-0.15, -0.1) is 0 Å².